The first kappa shape index (κ1) is 12.1. The van der Waals surface area contributed by atoms with Crippen LogP contribution in [0.3, 0.4) is 0 Å². The number of rotatable bonds is 6. The van der Waals surface area contributed by atoms with Gasteiger partial charge in [-0.15, -0.1) is 0 Å². The van der Waals surface area contributed by atoms with Crippen molar-refractivity contribution in [2.45, 2.75) is 52.6 Å². The Labute approximate surface area is 79.5 Å². The van der Waals surface area contributed by atoms with E-state index in [1.54, 1.807) is 6.92 Å². The average Bonchev–Trinajstić information content (AvgIpc) is 2.00. The molecular formula is C10H18O3. The molecular weight excluding hydrogens is 168 g/mol. The van der Waals surface area contributed by atoms with Crippen LogP contribution in [-0.2, 0) is 14.3 Å². The number of ether oxygens (including phenoxy) is 1. The third kappa shape index (κ3) is 7.50. The Morgan fingerprint density at radius 2 is 1.92 bits per heavy atom. The van der Waals surface area contributed by atoms with Crippen molar-refractivity contribution in [3.05, 3.63) is 0 Å². The molecule has 0 aromatic rings. The van der Waals surface area contributed by atoms with Crippen molar-refractivity contribution < 1.29 is 14.3 Å². The van der Waals surface area contributed by atoms with E-state index in [2.05, 4.69) is 0 Å². The number of carbonyl (C=O) groups excluding carboxylic acids is 2. The molecule has 0 aromatic heterocycles. The van der Waals surface area contributed by atoms with Crippen LogP contribution in [0.25, 0.3) is 0 Å². The third-order valence-corrected chi connectivity index (χ3v) is 1.73. The monoisotopic (exact) mass is 186 g/mol. The number of esters is 1. The van der Waals surface area contributed by atoms with E-state index >= 15 is 0 Å². The summed E-state index contributed by atoms with van der Waals surface area (Å²) < 4.78 is 4.89. The Morgan fingerprint density at radius 1 is 1.31 bits per heavy atom. The summed E-state index contributed by atoms with van der Waals surface area (Å²) in [5, 5.41) is 0. The molecule has 0 saturated heterocycles. The lowest BCUT2D eigenvalue weighted by Crippen LogP contribution is -2.13. The minimum absolute atomic E-state index is 0.140. The van der Waals surface area contributed by atoms with E-state index in [-0.39, 0.29) is 17.9 Å². The molecule has 0 aliphatic carbocycles. The number of Topliss-reactive ketones (excluding diaryl/α,β-unsaturated/α-hetero) is 1. The van der Waals surface area contributed by atoms with Crippen molar-refractivity contribution in [3.63, 3.8) is 0 Å². The highest BCUT2D eigenvalue weighted by atomic mass is 16.5. The van der Waals surface area contributed by atoms with Crippen LogP contribution in [0.15, 0.2) is 0 Å². The summed E-state index contributed by atoms with van der Waals surface area (Å²) in [6.45, 7) is 5.17. The van der Waals surface area contributed by atoms with E-state index in [9.17, 15) is 9.59 Å². The van der Waals surface area contributed by atoms with Gasteiger partial charge in [0.1, 0.15) is 5.78 Å². The molecule has 1 unspecified atom stereocenters. The van der Waals surface area contributed by atoms with Gasteiger partial charge in [-0.3, -0.25) is 9.59 Å². The molecule has 13 heavy (non-hydrogen) atoms. The van der Waals surface area contributed by atoms with Crippen molar-refractivity contribution in [1.82, 2.24) is 0 Å². The second-order valence-corrected chi connectivity index (χ2v) is 3.25. The van der Waals surface area contributed by atoms with Gasteiger partial charge in [-0.2, -0.15) is 0 Å². The van der Waals surface area contributed by atoms with Gasteiger partial charge in [0.2, 0.25) is 0 Å². The SMILES string of the molecule is CCCC(=O)CCC(C)OC(C)=O. The lowest BCUT2D eigenvalue weighted by molar-refractivity contribution is -0.146. The zero-order valence-electron chi connectivity index (χ0n) is 8.63. The highest BCUT2D eigenvalue weighted by molar-refractivity contribution is 5.78. The fraction of sp³-hybridized carbons (Fsp3) is 0.800. The van der Waals surface area contributed by atoms with E-state index in [4.69, 9.17) is 4.74 Å². The van der Waals surface area contributed by atoms with Gasteiger partial charge in [0.05, 0.1) is 6.10 Å². The third-order valence-electron chi connectivity index (χ3n) is 1.73. The van der Waals surface area contributed by atoms with Gasteiger partial charge in [-0.05, 0) is 19.8 Å². The fourth-order valence-corrected chi connectivity index (χ4v) is 1.11. The van der Waals surface area contributed by atoms with E-state index in [0.29, 0.717) is 19.3 Å². The van der Waals surface area contributed by atoms with Crippen molar-refractivity contribution in [1.29, 1.82) is 0 Å². The normalized spacial score (nSPS) is 12.2. The van der Waals surface area contributed by atoms with Gasteiger partial charge in [0.15, 0.2) is 0 Å². The zero-order valence-corrected chi connectivity index (χ0v) is 8.63. The van der Waals surface area contributed by atoms with Crippen molar-refractivity contribution >= 4 is 11.8 Å². The van der Waals surface area contributed by atoms with E-state index in [1.165, 1.54) is 6.92 Å². The van der Waals surface area contributed by atoms with Crippen LogP contribution >= 0.6 is 0 Å². The highest BCUT2D eigenvalue weighted by Crippen LogP contribution is 2.05. The molecule has 76 valence electrons. The van der Waals surface area contributed by atoms with Gasteiger partial charge < -0.3 is 4.74 Å². The predicted octanol–water partition coefficient (Wildman–Crippen LogP) is 2.09. The second kappa shape index (κ2) is 6.63. The Kier molecular flexibility index (Phi) is 6.20. The molecule has 1 atom stereocenters. The summed E-state index contributed by atoms with van der Waals surface area (Å²) in [5.74, 6) is -0.0306. The van der Waals surface area contributed by atoms with Gasteiger partial charge in [0, 0.05) is 19.8 Å². The van der Waals surface area contributed by atoms with Crippen LogP contribution in [0.2, 0.25) is 0 Å². The maximum absolute atomic E-state index is 11.1. The summed E-state index contributed by atoms with van der Waals surface area (Å²) in [7, 11) is 0. The predicted molar refractivity (Wildman–Crippen MR) is 50.4 cm³/mol. The molecule has 3 nitrogen and oxygen atoms in total. The van der Waals surface area contributed by atoms with Gasteiger partial charge in [-0.25, -0.2) is 0 Å². The van der Waals surface area contributed by atoms with Crippen molar-refractivity contribution in [2.24, 2.45) is 0 Å². The molecule has 0 rings (SSSR count). The summed E-state index contributed by atoms with van der Waals surface area (Å²) in [4.78, 5) is 21.6. The lowest BCUT2D eigenvalue weighted by atomic mass is 10.1. The standard InChI is InChI=1S/C10H18O3/c1-4-5-10(12)7-6-8(2)13-9(3)11/h8H,4-7H2,1-3H3. The van der Waals surface area contributed by atoms with Crippen LogP contribution in [-0.4, -0.2) is 17.9 Å². The minimum Gasteiger partial charge on any atom is -0.463 e. The van der Waals surface area contributed by atoms with Crippen LogP contribution in [0, 0.1) is 0 Å². The highest BCUT2D eigenvalue weighted by Gasteiger charge is 2.07. The first-order valence-corrected chi connectivity index (χ1v) is 4.75. The summed E-state index contributed by atoms with van der Waals surface area (Å²) in [5.41, 5.74) is 0. The number of hydrogen-bond donors (Lipinski definition) is 0. The number of hydrogen-bond acceptors (Lipinski definition) is 3. The topological polar surface area (TPSA) is 43.4 Å². The first-order chi connectivity index (χ1) is 6.06. The summed E-state index contributed by atoms with van der Waals surface area (Å²) in [6.07, 6.45) is 2.53. The summed E-state index contributed by atoms with van der Waals surface area (Å²) in [6, 6.07) is 0. The minimum atomic E-state index is -0.282. The number of carbonyl (C=O) groups is 2. The Balaban J connectivity index is 3.51. The van der Waals surface area contributed by atoms with Crippen molar-refractivity contribution in [2.75, 3.05) is 0 Å². The smallest absolute Gasteiger partial charge is 0.302 e. The maximum Gasteiger partial charge on any atom is 0.302 e. The largest absolute Gasteiger partial charge is 0.463 e. The molecule has 0 N–H and O–H groups in total. The van der Waals surface area contributed by atoms with E-state index in [1.807, 2.05) is 6.92 Å². The molecule has 0 bridgehead atoms. The first-order valence-electron chi connectivity index (χ1n) is 4.75. The average molecular weight is 186 g/mol. The van der Waals surface area contributed by atoms with Crippen LogP contribution in [0.1, 0.15) is 46.5 Å². The van der Waals surface area contributed by atoms with Gasteiger partial charge >= 0.3 is 5.97 Å². The van der Waals surface area contributed by atoms with E-state index < -0.39 is 0 Å². The van der Waals surface area contributed by atoms with Gasteiger partial charge in [-0.1, -0.05) is 6.92 Å². The molecule has 0 heterocycles. The quantitative estimate of drug-likeness (QED) is 0.596. The molecule has 0 saturated carbocycles. The summed E-state index contributed by atoms with van der Waals surface area (Å²) >= 11 is 0. The second-order valence-electron chi connectivity index (χ2n) is 3.25. The maximum atomic E-state index is 11.1. The Morgan fingerprint density at radius 3 is 2.38 bits per heavy atom. The van der Waals surface area contributed by atoms with Crippen molar-refractivity contribution in [3.8, 4) is 0 Å². The molecule has 0 fully saturated rings. The van der Waals surface area contributed by atoms with Crippen LogP contribution < -0.4 is 0 Å². The Bertz CT molecular complexity index is 175. The van der Waals surface area contributed by atoms with E-state index in [0.717, 1.165) is 6.42 Å². The lowest BCUT2D eigenvalue weighted by Gasteiger charge is -2.10. The molecule has 0 amide bonds. The molecule has 0 radical (unpaired) electrons. The zero-order chi connectivity index (χ0) is 10.3. The molecule has 0 aliphatic rings. The molecule has 0 aromatic carbocycles. The van der Waals surface area contributed by atoms with Crippen LogP contribution in [0.4, 0.5) is 0 Å². The molecule has 0 spiro atoms. The Hall–Kier alpha value is -0.860. The molecule has 3 heteroatoms. The van der Waals surface area contributed by atoms with Crippen LogP contribution in [0.5, 0.6) is 0 Å². The molecule has 0 aliphatic heterocycles. The van der Waals surface area contributed by atoms with Gasteiger partial charge in [0.25, 0.3) is 0 Å². The fourth-order valence-electron chi connectivity index (χ4n) is 1.11. The number of ketones is 1.